The molecule has 5 aromatic carbocycles. The SMILES string of the molecule is C=C[C@H](OCc1ccccc1)[C@@H](OCc1ccccc1)[C@H](OCc1ccccc1)[C@H](COCc1ccccc1)NCc1ccccc1. The Bertz CT molecular complexity index is 1530. The van der Waals surface area contributed by atoms with Crippen molar-refractivity contribution in [2.75, 3.05) is 6.61 Å². The van der Waals surface area contributed by atoms with Gasteiger partial charge in [0.05, 0.1) is 39.1 Å². The number of rotatable bonds is 20. The average Bonchev–Trinajstić information content (AvgIpc) is 3.14. The minimum atomic E-state index is -0.506. The lowest BCUT2D eigenvalue weighted by Crippen LogP contribution is -2.54. The normalized spacial score (nSPS) is 13.8. The molecule has 0 unspecified atom stereocenters. The van der Waals surface area contributed by atoms with Crippen LogP contribution in [0.25, 0.3) is 0 Å². The van der Waals surface area contributed by atoms with Crippen LogP contribution >= 0.6 is 0 Å². The van der Waals surface area contributed by atoms with E-state index in [2.05, 4.69) is 84.7 Å². The van der Waals surface area contributed by atoms with E-state index < -0.39 is 18.3 Å². The lowest BCUT2D eigenvalue weighted by atomic mass is 9.99. The molecule has 0 bridgehead atoms. The molecule has 0 saturated carbocycles. The van der Waals surface area contributed by atoms with Gasteiger partial charge in [-0.25, -0.2) is 0 Å². The van der Waals surface area contributed by atoms with Crippen LogP contribution in [0.1, 0.15) is 27.8 Å². The standard InChI is InChI=1S/C42H45NO4/c1-2-40(45-30-36-22-12-5-13-23-36)42(47-32-38-26-16-7-17-27-38)41(46-31-37-24-14-6-15-25-37)39(43-28-34-18-8-3-9-19-34)33-44-29-35-20-10-4-11-21-35/h2-27,39-43H,1,28-33H2/t39-,40-,41+,42+/m0/s1. The van der Waals surface area contributed by atoms with Gasteiger partial charge in [0.15, 0.2) is 0 Å². The van der Waals surface area contributed by atoms with Crippen LogP contribution in [-0.2, 0) is 51.9 Å². The topological polar surface area (TPSA) is 49.0 Å². The minimum absolute atomic E-state index is 0.244. The number of hydrogen-bond donors (Lipinski definition) is 1. The van der Waals surface area contributed by atoms with Gasteiger partial charge in [-0.05, 0) is 27.8 Å². The zero-order valence-corrected chi connectivity index (χ0v) is 26.9. The van der Waals surface area contributed by atoms with E-state index >= 15 is 0 Å². The summed E-state index contributed by atoms with van der Waals surface area (Å²) in [4.78, 5) is 0. The molecule has 0 aliphatic rings. The van der Waals surface area contributed by atoms with Crippen molar-refractivity contribution in [3.8, 4) is 0 Å². The number of hydrogen-bond acceptors (Lipinski definition) is 5. The van der Waals surface area contributed by atoms with Gasteiger partial charge in [-0.1, -0.05) is 158 Å². The highest BCUT2D eigenvalue weighted by atomic mass is 16.6. The molecular formula is C42H45NO4. The summed E-state index contributed by atoms with van der Waals surface area (Å²) >= 11 is 0. The molecule has 0 aliphatic carbocycles. The third kappa shape index (κ3) is 11.4. The molecule has 1 N–H and O–H groups in total. The first-order valence-electron chi connectivity index (χ1n) is 16.3. The fourth-order valence-electron chi connectivity index (χ4n) is 5.41. The predicted molar refractivity (Wildman–Crippen MR) is 188 cm³/mol. The molecule has 0 aliphatic heterocycles. The summed E-state index contributed by atoms with van der Waals surface area (Å²) in [5.74, 6) is 0. The van der Waals surface area contributed by atoms with Gasteiger partial charge in [-0.3, -0.25) is 0 Å². The van der Waals surface area contributed by atoms with Gasteiger partial charge in [0.25, 0.3) is 0 Å². The first-order valence-corrected chi connectivity index (χ1v) is 16.3. The van der Waals surface area contributed by atoms with Gasteiger partial charge in [-0.15, -0.1) is 6.58 Å². The zero-order valence-electron chi connectivity index (χ0n) is 26.9. The Morgan fingerprint density at radius 2 is 0.851 bits per heavy atom. The Kier molecular flexibility index (Phi) is 14.0. The quantitative estimate of drug-likeness (QED) is 0.0880. The largest absolute Gasteiger partial charge is 0.375 e. The van der Waals surface area contributed by atoms with Crippen LogP contribution in [-0.4, -0.2) is 31.0 Å². The molecule has 0 amide bonds. The number of ether oxygens (including phenoxy) is 4. The lowest BCUT2D eigenvalue weighted by molar-refractivity contribution is -0.153. The van der Waals surface area contributed by atoms with Crippen LogP contribution in [0.2, 0.25) is 0 Å². The highest BCUT2D eigenvalue weighted by molar-refractivity contribution is 5.18. The van der Waals surface area contributed by atoms with Gasteiger partial charge in [0, 0.05) is 6.54 Å². The van der Waals surface area contributed by atoms with Crippen molar-refractivity contribution >= 4 is 0 Å². The maximum atomic E-state index is 6.87. The van der Waals surface area contributed by atoms with E-state index in [4.69, 9.17) is 18.9 Å². The second kappa shape index (κ2) is 19.3. The summed E-state index contributed by atoms with van der Waals surface area (Å²) in [6, 6.07) is 50.9. The molecule has 0 saturated heterocycles. The summed E-state index contributed by atoms with van der Waals surface area (Å²) in [6.07, 6.45) is 0.400. The molecule has 0 aromatic heterocycles. The molecule has 0 fully saturated rings. The van der Waals surface area contributed by atoms with Crippen LogP contribution in [0.15, 0.2) is 164 Å². The highest BCUT2D eigenvalue weighted by Gasteiger charge is 2.37. The lowest BCUT2D eigenvalue weighted by Gasteiger charge is -2.37. The Balaban J connectivity index is 1.45. The second-order valence-electron chi connectivity index (χ2n) is 11.5. The van der Waals surface area contributed by atoms with Crippen LogP contribution in [0.3, 0.4) is 0 Å². The Morgan fingerprint density at radius 3 is 1.30 bits per heavy atom. The van der Waals surface area contributed by atoms with Crippen LogP contribution in [0.4, 0.5) is 0 Å². The van der Waals surface area contributed by atoms with E-state index in [0.717, 1.165) is 22.3 Å². The molecule has 5 nitrogen and oxygen atoms in total. The Hall–Kier alpha value is -4.36. The molecule has 47 heavy (non-hydrogen) atoms. The Labute approximate surface area is 279 Å². The van der Waals surface area contributed by atoms with Crippen molar-refractivity contribution in [3.05, 3.63) is 192 Å². The summed E-state index contributed by atoms with van der Waals surface area (Å²) in [6.45, 7) is 6.93. The van der Waals surface area contributed by atoms with Gasteiger partial charge in [-0.2, -0.15) is 0 Å². The maximum Gasteiger partial charge on any atom is 0.115 e. The highest BCUT2D eigenvalue weighted by Crippen LogP contribution is 2.23. The van der Waals surface area contributed by atoms with Crippen molar-refractivity contribution in [3.63, 3.8) is 0 Å². The molecule has 242 valence electrons. The maximum absolute atomic E-state index is 6.87. The summed E-state index contributed by atoms with van der Waals surface area (Å²) < 4.78 is 26.6. The molecule has 0 radical (unpaired) electrons. The zero-order chi connectivity index (χ0) is 32.4. The molecule has 0 heterocycles. The molecular weight excluding hydrogens is 582 g/mol. The second-order valence-corrected chi connectivity index (χ2v) is 11.5. The van der Waals surface area contributed by atoms with E-state index in [-0.39, 0.29) is 6.04 Å². The first-order chi connectivity index (χ1) is 23.3. The van der Waals surface area contributed by atoms with Crippen LogP contribution in [0.5, 0.6) is 0 Å². The van der Waals surface area contributed by atoms with E-state index in [1.54, 1.807) is 0 Å². The fraction of sp³-hybridized carbons (Fsp3) is 0.238. The van der Waals surface area contributed by atoms with Gasteiger partial charge >= 0.3 is 0 Å². The fourth-order valence-corrected chi connectivity index (χ4v) is 5.41. The molecule has 5 heteroatoms. The number of benzene rings is 5. The van der Waals surface area contributed by atoms with E-state index in [9.17, 15) is 0 Å². The van der Waals surface area contributed by atoms with Gasteiger partial charge in [0.2, 0.25) is 0 Å². The van der Waals surface area contributed by atoms with Crippen LogP contribution < -0.4 is 5.32 Å². The van der Waals surface area contributed by atoms with Gasteiger partial charge in [0.1, 0.15) is 18.3 Å². The van der Waals surface area contributed by atoms with Crippen molar-refractivity contribution in [1.82, 2.24) is 5.32 Å². The molecule has 0 spiro atoms. The van der Waals surface area contributed by atoms with E-state index in [1.807, 2.05) is 84.9 Å². The Morgan fingerprint density at radius 1 is 0.468 bits per heavy atom. The average molecular weight is 628 g/mol. The third-order valence-corrected chi connectivity index (χ3v) is 7.95. The van der Waals surface area contributed by atoms with Gasteiger partial charge < -0.3 is 24.3 Å². The molecule has 5 rings (SSSR count). The van der Waals surface area contributed by atoms with E-state index in [1.165, 1.54) is 5.56 Å². The molecule has 5 aromatic rings. The summed E-state index contributed by atoms with van der Waals surface area (Å²) in [5.41, 5.74) is 5.51. The predicted octanol–water partition coefficient (Wildman–Crippen LogP) is 8.30. The smallest absolute Gasteiger partial charge is 0.115 e. The van der Waals surface area contributed by atoms with Crippen molar-refractivity contribution in [1.29, 1.82) is 0 Å². The van der Waals surface area contributed by atoms with Crippen molar-refractivity contribution in [2.24, 2.45) is 0 Å². The third-order valence-electron chi connectivity index (χ3n) is 7.95. The van der Waals surface area contributed by atoms with Crippen molar-refractivity contribution < 1.29 is 18.9 Å². The first kappa shape index (κ1) is 34.0. The summed E-state index contributed by atoms with van der Waals surface area (Å²) in [7, 11) is 0. The van der Waals surface area contributed by atoms with E-state index in [0.29, 0.717) is 39.6 Å². The van der Waals surface area contributed by atoms with Crippen LogP contribution in [0, 0.1) is 0 Å². The number of nitrogens with one attached hydrogen (secondary N) is 1. The summed E-state index contributed by atoms with van der Waals surface area (Å²) in [5, 5.41) is 3.77. The minimum Gasteiger partial charge on any atom is -0.375 e. The molecule has 4 atom stereocenters. The monoisotopic (exact) mass is 627 g/mol. The van der Waals surface area contributed by atoms with Crippen molar-refractivity contribution in [2.45, 2.75) is 57.3 Å².